The Morgan fingerprint density at radius 2 is 0.478 bits per heavy atom. The predicted octanol–water partition coefficient (Wildman–Crippen LogP) is 20.9. The van der Waals surface area contributed by atoms with E-state index in [1.807, 2.05) is 0 Å². The van der Waals surface area contributed by atoms with Crippen LogP contribution < -0.4 is 0 Å². The number of carbonyl (C=O) groups excluding carboxylic acids is 3. The van der Waals surface area contributed by atoms with Crippen molar-refractivity contribution in [2.75, 3.05) is 13.2 Å². The summed E-state index contributed by atoms with van der Waals surface area (Å²) < 4.78 is 16.9. The standard InChI is InChI=1S/C63H120O6/c1-4-7-10-13-16-19-22-25-26-27-28-29-30-31-32-33-34-35-36-39-41-44-47-50-53-56-62(65)68-59-60(69-63(66)57-54-51-48-45-42-38-24-21-18-15-12-9-6-3)58-67-61(64)55-52-49-46-43-40-37-23-20-17-14-11-8-5-2/h21,24,60H,4-20,22-23,25-59H2,1-3H3/b24-21-. The van der Waals surface area contributed by atoms with Crippen molar-refractivity contribution in [3.63, 3.8) is 0 Å². The molecule has 0 aromatic rings. The van der Waals surface area contributed by atoms with Gasteiger partial charge in [-0.15, -0.1) is 0 Å². The van der Waals surface area contributed by atoms with E-state index in [0.717, 1.165) is 64.2 Å². The van der Waals surface area contributed by atoms with E-state index in [0.29, 0.717) is 19.3 Å². The molecule has 69 heavy (non-hydrogen) atoms. The second-order valence-corrected chi connectivity index (χ2v) is 21.3. The van der Waals surface area contributed by atoms with E-state index in [1.165, 1.54) is 250 Å². The summed E-state index contributed by atoms with van der Waals surface area (Å²) in [6.07, 6.45) is 68.0. The first-order chi connectivity index (χ1) is 34.0. The zero-order chi connectivity index (χ0) is 50.0. The molecule has 0 N–H and O–H groups in total. The fourth-order valence-corrected chi connectivity index (χ4v) is 9.56. The van der Waals surface area contributed by atoms with E-state index in [4.69, 9.17) is 14.2 Å². The summed E-state index contributed by atoms with van der Waals surface area (Å²) in [7, 11) is 0. The Kier molecular flexibility index (Phi) is 57.1. The summed E-state index contributed by atoms with van der Waals surface area (Å²) in [5.41, 5.74) is 0. The van der Waals surface area contributed by atoms with Crippen LogP contribution in [-0.4, -0.2) is 37.2 Å². The average Bonchev–Trinajstić information content (AvgIpc) is 3.35. The van der Waals surface area contributed by atoms with Crippen molar-refractivity contribution in [3.05, 3.63) is 12.2 Å². The molecule has 0 heterocycles. The lowest BCUT2D eigenvalue weighted by Crippen LogP contribution is -2.30. The first-order valence-electron chi connectivity index (χ1n) is 31.2. The SMILES string of the molecule is CCCCCC/C=C\CCCCCCCC(=O)OC(COC(=O)CCCCCCCCCCCCCCC)COC(=O)CCCCCCCCCCCCCCCCCCCCCCCCCCC. The van der Waals surface area contributed by atoms with Crippen LogP contribution in [0.5, 0.6) is 0 Å². The molecule has 0 aliphatic rings. The van der Waals surface area contributed by atoms with Crippen LogP contribution in [0.4, 0.5) is 0 Å². The first kappa shape index (κ1) is 67.1. The molecule has 0 aromatic heterocycles. The van der Waals surface area contributed by atoms with Gasteiger partial charge in [0.05, 0.1) is 0 Å². The molecular formula is C63H120O6. The number of carbonyl (C=O) groups is 3. The Bertz CT molecular complexity index is 1070. The van der Waals surface area contributed by atoms with Gasteiger partial charge in [0.25, 0.3) is 0 Å². The number of esters is 3. The van der Waals surface area contributed by atoms with Gasteiger partial charge >= 0.3 is 17.9 Å². The van der Waals surface area contributed by atoms with Crippen LogP contribution in [0.2, 0.25) is 0 Å². The van der Waals surface area contributed by atoms with Crippen molar-refractivity contribution >= 4 is 17.9 Å². The van der Waals surface area contributed by atoms with Gasteiger partial charge in [-0.1, -0.05) is 303 Å². The molecule has 0 fully saturated rings. The highest BCUT2D eigenvalue weighted by Gasteiger charge is 2.19. The highest BCUT2D eigenvalue weighted by molar-refractivity contribution is 5.71. The van der Waals surface area contributed by atoms with Crippen LogP contribution >= 0.6 is 0 Å². The van der Waals surface area contributed by atoms with Crippen LogP contribution in [0.15, 0.2) is 12.2 Å². The molecule has 0 spiro atoms. The lowest BCUT2D eigenvalue weighted by Gasteiger charge is -2.18. The highest BCUT2D eigenvalue weighted by Crippen LogP contribution is 2.18. The van der Waals surface area contributed by atoms with Crippen LogP contribution in [0.25, 0.3) is 0 Å². The topological polar surface area (TPSA) is 78.9 Å². The summed E-state index contributed by atoms with van der Waals surface area (Å²) in [4.78, 5) is 38.2. The number of ether oxygens (including phenoxy) is 3. The fourth-order valence-electron chi connectivity index (χ4n) is 9.56. The molecule has 6 heteroatoms. The number of hydrogen-bond acceptors (Lipinski definition) is 6. The number of hydrogen-bond donors (Lipinski definition) is 0. The van der Waals surface area contributed by atoms with Crippen LogP contribution in [0.1, 0.15) is 355 Å². The third-order valence-electron chi connectivity index (χ3n) is 14.3. The molecule has 0 aromatic carbocycles. The maximum absolute atomic E-state index is 12.8. The van der Waals surface area contributed by atoms with Crippen molar-refractivity contribution in [2.24, 2.45) is 0 Å². The quantitative estimate of drug-likeness (QED) is 0.0261. The molecule has 6 nitrogen and oxygen atoms in total. The molecule has 0 saturated heterocycles. The van der Waals surface area contributed by atoms with Crippen LogP contribution in [0, 0.1) is 0 Å². The summed E-state index contributed by atoms with van der Waals surface area (Å²) in [6.45, 7) is 6.68. The van der Waals surface area contributed by atoms with Gasteiger partial charge < -0.3 is 14.2 Å². The molecule has 0 amide bonds. The normalized spacial score (nSPS) is 12.0. The van der Waals surface area contributed by atoms with E-state index in [2.05, 4.69) is 32.9 Å². The molecule has 408 valence electrons. The third-order valence-corrected chi connectivity index (χ3v) is 14.3. The summed E-state index contributed by atoms with van der Waals surface area (Å²) >= 11 is 0. The minimum atomic E-state index is -0.769. The molecular weight excluding hydrogens is 853 g/mol. The van der Waals surface area contributed by atoms with E-state index in [9.17, 15) is 14.4 Å². The number of unbranched alkanes of at least 4 members (excludes halogenated alkanes) is 45. The third kappa shape index (κ3) is 56.9. The van der Waals surface area contributed by atoms with Crippen LogP contribution in [-0.2, 0) is 28.6 Å². The summed E-state index contributed by atoms with van der Waals surface area (Å²) in [6, 6.07) is 0. The lowest BCUT2D eigenvalue weighted by molar-refractivity contribution is -0.167. The maximum Gasteiger partial charge on any atom is 0.306 e. The van der Waals surface area contributed by atoms with Gasteiger partial charge in [-0.3, -0.25) is 14.4 Å². The van der Waals surface area contributed by atoms with Crippen LogP contribution in [0.3, 0.4) is 0 Å². The zero-order valence-electron chi connectivity index (χ0n) is 46.9. The average molecular weight is 974 g/mol. The van der Waals surface area contributed by atoms with Gasteiger partial charge in [0.15, 0.2) is 6.10 Å². The van der Waals surface area contributed by atoms with Gasteiger partial charge in [0, 0.05) is 19.3 Å². The largest absolute Gasteiger partial charge is 0.462 e. The minimum Gasteiger partial charge on any atom is -0.462 e. The van der Waals surface area contributed by atoms with Gasteiger partial charge in [-0.25, -0.2) is 0 Å². The Morgan fingerprint density at radius 1 is 0.275 bits per heavy atom. The van der Waals surface area contributed by atoms with E-state index in [1.54, 1.807) is 0 Å². The molecule has 1 atom stereocenters. The highest BCUT2D eigenvalue weighted by atomic mass is 16.6. The van der Waals surface area contributed by atoms with Gasteiger partial charge in [-0.2, -0.15) is 0 Å². The molecule has 0 bridgehead atoms. The maximum atomic E-state index is 12.8. The molecule has 1 unspecified atom stereocenters. The van der Waals surface area contributed by atoms with Gasteiger partial charge in [0.2, 0.25) is 0 Å². The monoisotopic (exact) mass is 973 g/mol. The number of allylic oxidation sites excluding steroid dienone is 2. The van der Waals surface area contributed by atoms with E-state index in [-0.39, 0.29) is 31.1 Å². The Labute approximate surface area is 431 Å². The Morgan fingerprint density at radius 3 is 0.739 bits per heavy atom. The Hall–Kier alpha value is -1.85. The minimum absolute atomic E-state index is 0.0673. The fraction of sp³-hybridized carbons (Fsp3) is 0.921. The molecule has 0 rings (SSSR count). The lowest BCUT2D eigenvalue weighted by atomic mass is 10.0. The van der Waals surface area contributed by atoms with Gasteiger partial charge in [0.1, 0.15) is 13.2 Å². The zero-order valence-corrected chi connectivity index (χ0v) is 46.9. The summed E-state index contributed by atoms with van der Waals surface area (Å²) in [5.74, 6) is -0.850. The van der Waals surface area contributed by atoms with Crippen molar-refractivity contribution in [3.8, 4) is 0 Å². The molecule has 0 aliphatic carbocycles. The van der Waals surface area contributed by atoms with Gasteiger partial charge in [-0.05, 0) is 44.9 Å². The first-order valence-corrected chi connectivity index (χ1v) is 31.2. The van der Waals surface area contributed by atoms with E-state index >= 15 is 0 Å². The molecule has 0 saturated carbocycles. The van der Waals surface area contributed by atoms with Crippen molar-refractivity contribution in [1.82, 2.24) is 0 Å². The summed E-state index contributed by atoms with van der Waals surface area (Å²) in [5, 5.41) is 0. The second-order valence-electron chi connectivity index (χ2n) is 21.3. The van der Waals surface area contributed by atoms with Crippen molar-refractivity contribution in [1.29, 1.82) is 0 Å². The van der Waals surface area contributed by atoms with E-state index < -0.39 is 6.10 Å². The van der Waals surface area contributed by atoms with Crippen molar-refractivity contribution < 1.29 is 28.6 Å². The predicted molar refractivity (Wildman–Crippen MR) is 298 cm³/mol. The molecule has 0 radical (unpaired) electrons. The number of rotatable bonds is 58. The smallest absolute Gasteiger partial charge is 0.306 e. The molecule has 0 aliphatic heterocycles. The van der Waals surface area contributed by atoms with Crippen molar-refractivity contribution in [2.45, 2.75) is 361 Å². The second kappa shape index (κ2) is 58.7. The Balaban J connectivity index is 4.17.